The van der Waals surface area contributed by atoms with E-state index < -0.39 is 0 Å². The summed E-state index contributed by atoms with van der Waals surface area (Å²) in [5.41, 5.74) is 4.27. The minimum absolute atomic E-state index is 0.0449. The molecule has 4 nitrogen and oxygen atoms in total. The predicted octanol–water partition coefficient (Wildman–Crippen LogP) is 6.52. The fourth-order valence-electron chi connectivity index (χ4n) is 4.92. The van der Waals surface area contributed by atoms with Crippen LogP contribution in [-0.2, 0) is 11.3 Å². The Balaban J connectivity index is 1.42. The number of amides is 1. The van der Waals surface area contributed by atoms with Gasteiger partial charge in [0.2, 0.25) is 5.91 Å². The smallest absolute Gasteiger partial charge is 0.227 e. The van der Waals surface area contributed by atoms with Crippen LogP contribution in [0.2, 0.25) is 0 Å². The Bertz CT molecular complexity index is 1480. The summed E-state index contributed by atoms with van der Waals surface area (Å²) < 4.78 is 3.31. The maximum atomic E-state index is 13.0. The van der Waals surface area contributed by atoms with Crippen LogP contribution in [-0.4, -0.2) is 22.0 Å². The zero-order chi connectivity index (χ0) is 22.4. The Morgan fingerprint density at radius 2 is 1.64 bits per heavy atom. The number of para-hydroxylation sites is 2. The summed E-state index contributed by atoms with van der Waals surface area (Å²) in [7, 11) is 0. The third kappa shape index (κ3) is 3.62. The first kappa shape index (κ1) is 20.2. The van der Waals surface area contributed by atoms with Crippen molar-refractivity contribution in [1.29, 1.82) is 0 Å². The van der Waals surface area contributed by atoms with E-state index in [1.54, 1.807) is 0 Å². The molecule has 1 aliphatic rings. The summed E-state index contributed by atoms with van der Waals surface area (Å²) in [5, 5.41) is 2.49. The predicted molar refractivity (Wildman–Crippen MR) is 137 cm³/mol. The lowest BCUT2D eigenvalue weighted by Crippen LogP contribution is -2.24. The van der Waals surface area contributed by atoms with Crippen LogP contribution in [0.5, 0.6) is 0 Å². The molecule has 0 aliphatic carbocycles. The minimum atomic E-state index is 0.0449. The first-order valence-electron chi connectivity index (χ1n) is 11.1. The monoisotopic (exact) mass is 495 g/mol. The van der Waals surface area contributed by atoms with Crippen molar-refractivity contribution in [2.75, 3.05) is 11.4 Å². The number of carbonyl (C=O) groups excluding carboxylic acids is 1. The molecule has 6 rings (SSSR count). The molecule has 0 radical (unpaired) electrons. The number of anilines is 1. The van der Waals surface area contributed by atoms with Gasteiger partial charge in [-0.2, -0.15) is 0 Å². The van der Waals surface area contributed by atoms with E-state index in [2.05, 4.69) is 81.2 Å². The molecule has 5 heteroatoms. The first-order chi connectivity index (χ1) is 16.2. The van der Waals surface area contributed by atoms with Gasteiger partial charge in [0.15, 0.2) is 0 Å². The number of halogens is 1. The van der Waals surface area contributed by atoms with Gasteiger partial charge in [-0.3, -0.25) is 4.79 Å². The Morgan fingerprint density at radius 1 is 0.879 bits per heavy atom. The minimum Gasteiger partial charge on any atom is -0.323 e. The van der Waals surface area contributed by atoms with Crippen LogP contribution in [0.15, 0.2) is 95.5 Å². The molecule has 1 unspecified atom stereocenters. The van der Waals surface area contributed by atoms with Gasteiger partial charge in [0.1, 0.15) is 5.82 Å². The van der Waals surface area contributed by atoms with Gasteiger partial charge in [0.05, 0.1) is 11.0 Å². The number of rotatable bonds is 4. The quantitative estimate of drug-likeness (QED) is 0.284. The standard InChI is InChI=1S/C28H22BrN3O/c29-22-12-14-23(15-13-22)31-18-21(16-27(31)33)28-30-25-10-3-4-11-26(25)32(28)17-20-8-5-7-19-6-1-2-9-24(19)20/h1-15,21H,16-18H2. The Hall–Kier alpha value is -3.44. The van der Waals surface area contributed by atoms with E-state index in [9.17, 15) is 4.79 Å². The zero-order valence-corrected chi connectivity index (χ0v) is 19.6. The number of hydrogen-bond donors (Lipinski definition) is 0. The molecule has 33 heavy (non-hydrogen) atoms. The number of benzene rings is 4. The van der Waals surface area contributed by atoms with Crippen LogP contribution >= 0.6 is 15.9 Å². The fourth-order valence-corrected chi connectivity index (χ4v) is 5.19. The molecular weight excluding hydrogens is 474 g/mol. The second-order valence-electron chi connectivity index (χ2n) is 8.56. The van der Waals surface area contributed by atoms with Crippen molar-refractivity contribution in [2.24, 2.45) is 0 Å². The van der Waals surface area contributed by atoms with Crippen molar-refractivity contribution in [3.05, 3.63) is 107 Å². The van der Waals surface area contributed by atoms with Crippen LogP contribution in [0.3, 0.4) is 0 Å². The van der Waals surface area contributed by atoms with Crippen molar-refractivity contribution in [1.82, 2.24) is 9.55 Å². The van der Waals surface area contributed by atoms with Gasteiger partial charge in [-0.25, -0.2) is 4.98 Å². The van der Waals surface area contributed by atoms with Gasteiger partial charge in [0.25, 0.3) is 0 Å². The van der Waals surface area contributed by atoms with E-state index in [1.165, 1.54) is 16.3 Å². The normalized spacial score (nSPS) is 16.2. The second kappa shape index (κ2) is 8.16. The summed E-state index contributed by atoms with van der Waals surface area (Å²) in [5.74, 6) is 1.17. The molecule has 0 spiro atoms. The van der Waals surface area contributed by atoms with Crippen LogP contribution in [0.4, 0.5) is 5.69 Å². The second-order valence-corrected chi connectivity index (χ2v) is 9.48. The van der Waals surface area contributed by atoms with Crippen molar-refractivity contribution in [3.8, 4) is 0 Å². The number of nitrogens with zero attached hydrogens (tertiary/aromatic N) is 3. The van der Waals surface area contributed by atoms with Gasteiger partial charge in [0, 0.05) is 35.6 Å². The van der Waals surface area contributed by atoms with Crippen LogP contribution in [0.25, 0.3) is 21.8 Å². The van der Waals surface area contributed by atoms with Gasteiger partial charge < -0.3 is 9.47 Å². The third-order valence-corrected chi connectivity index (χ3v) is 7.05. The van der Waals surface area contributed by atoms with Crippen molar-refractivity contribution < 1.29 is 4.79 Å². The average molecular weight is 496 g/mol. The van der Waals surface area contributed by atoms with E-state index in [4.69, 9.17) is 4.98 Å². The highest BCUT2D eigenvalue weighted by Crippen LogP contribution is 2.34. The number of hydrogen-bond acceptors (Lipinski definition) is 2. The largest absolute Gasteiger partial charge is 0.323 e. The molecule has 1 fully saturated rings. The number of fused-ring (bicyclic) bond motifs is 2. The molecule has 4 aromatic carbocycles. The molecule has 1 aliphatic heterocycles. The zero-order valence-electron chi connectivity index (χ0n) is 18.0. The van der Waals surface area contributed by atoms with Crippen molar-refractivity contribution in [2.45, 2.75) is 18.9 Å². The van der Waals surface area contributed by atoms with E-state index >= 15 is 0 Å². The summed E-state index contributed by atoms with van der Waals surface area (Å²) in [6.07, 6.45) is 0.467. The highest BCUT2D eigenvalue weighted by atomic mass is 79.9. The number of aromatic nitrogens is 2. The SMILES string of the molecule is O=C1CC(c2nc3ccccc3n2Cc2cccc3ccccc23)CN1c1ccc(Br)cc1. The van der Waals surface area contributed by atoms with E-state index in [1.807, 2.05) is 35.2 Å². The lowest BCUT2D eigenvalue weighted by molar-refractivity contribution is -0.117. The molecule has 1 amide bonds. The van der Waals surface area contributed by atoms with E-state index in [0.717, 1.165) is 33.6 Å². The lowest BCUT2D eigenvalue weighted by atomic mass is 10.0. The number of imidazole rings is 1. The Kier molecular flexibility index (Phi) is 4.99. The van der Waals surface area contributed by atoms with Crippen molar-refractivity contribution in [3.63, 3.8) is 0 Å². The lowest BCUT2D eigenvalue weighted by Gasteiger charge is -2.18. The maximum absolute atomic E-state index is 13.0. The molecule has 0 N–H and O–H groups in total. The average Bonchev–Trinajstić information content (AvgIpc) is 3.40. The van der Waals surface area contributed by atoms with Crippen LogP contribution in [0.1, 0.15) is 23.7 Å². The molecular formula is C28H22BrN3O. The molecule has 0 saturated carbocycles. The maximum Gasteiger partial charge on any atom is 0.227 e. The third-order valence-electron chi connectivity index (χ3n) is 6.52. The topological polar surface area (TPSA) is 38.1 Å². The summed E-state index contributed by atoms with van der Waals surface area (Å²) in [6.45, 7) is 1.36. The van der Waals surface area contributed by atoms with Gasteiger partial charge in [-0.1, -0.05) is 70.5 Å². The van der Waals surface area contributed by atoms with Crippen LogP contribution in [0, 0.1) is 0 Å². The Morgan fingerprint density at radius 3 is 2.52 bits per heavy atom. The fraction of sp³-hybridized carbons (Fsp3) is 0.143. The summed E-state index contributed by atoms with van der Waals surface area (Å²) >= 11 is 3.48. The highest BCUT2D eigenvalue weighted by Gasteiger charge is 2.34. The molecule has 0 bridgehead atoms. The van der Waals surface area contributed by atoms with E-state index in [-0.39, 0.29) is 11.8 Å². The van der Waals surface area contributed by atoms with Crippen LogP contribution < -0.4 is 4.90 Å². The molecule has 1 atom stereocenters. The molecule has 1 aromatic heterocycles. The van der Waals surface area contributed by atoms with Gasteiger partial charge in [-0.15, -0.1) is 0 Å². The molecule has 2 heterocycles. The summed E-state index contributed by atoms with van der Waals surface area (Å²) in [6, 6.07) is 31.1. The first-order valence-corrected chi connectivity index (χ1v) is 11.9. The summed E-state index contributed by atoms with van der Waals surface area (Å²) in [4.78, 5) is 19.9. The highest BCUT2D eigenvalue weighted by molar-refractivity contribution is 9.10. The Labute approximate surface area is 200 Å². The molecule has 5 aromatic rings. The van der Waals surface area contributed by atoms with Crippen molar-refractivity contribution >= 4 is 49.3 Å². The molecule has 1 saturated heterocycles. The van der Waals surface area contributed by atoms with Gasteiger partial charge >= 0.3 is 0 Å². The number of carbonyl (C=O) groups is 1. The van der Waals surface area contributed by atoms with E-state index in [0.29, 0.717) is 13.0 Å². The van der Waals surface area contributed by atoms with Gasteiger partial charge in [-0.05, 0) is 52.7 Å². The molecule has 162 valence electrons.